The summed E-state index contributed by atoms with van der Waals surface area (Å²) in [4.78, 5) is 0. The van der Waals surface area contributed by atoms with Crippen LogP contribution in [-0.4, -0.2) is 10.2 Å². The summed E-state index contributed by atoms with van der Waals surface area (Å²) in [6.07, 6.45) is 29.7. The van der Waals surface area contributed by atoms with E-state index in [2.05, 4.69) is 13.8 Å². The first-order chi connectivity index (χ1) is 18.7. The molecule has 0 spiro atoms. The summed E-state index contributed by atoms with van der Waals surface area (Å²) in [6, 6.07) is 15.3. The molecule has 0 aliphatic rings. The zero-order chi connectivity index (χ0) is 27.5. The molecule has 0 saturated heterocycles. The summed E-state index contributed by atoms with van der Waals surface area (Å²) in [5.74, 6) is 0.824. The number of hydrogen-bond acceptors (Lipinski definition) is 2. The van der Waals surface area contributed by atoms with Gasteiger partial charge in [-0.2, -0.15) is 0 Å². The Morgan fingerprint density at radius 1 is 0.421 bits per heavy atom. The maximum Gasteiger partial charge on any atom is 0.118 e. The van der Waals surface area contributed by atoms with E-state index in [-0.39, 0.29) is 0 Å². The smallest absolute Gasteiger partial charge is 0.118 e. The second kappa shape index (κ2) is 25.3. The third-order valence-corrected chi connectivity index (χ3v) is 7.55. The van der Waals surface area contributed by atoms with Gasteiger partial charge in [-0.15, -0.1) is 0 Å². The van der Waals surface area contributed by atoms with Crippen molar-refractivity contribution in [2.24, 2.45) is 0 Å². The summed E-state index contributed by atoms with van der Waals surface area (Å²) in [7, 11) is 0. The zero-order valence-electron chi connectivity index (χ0n) is 25.1. The van der Waals surface area contributed by atoms with Crippen molar-refractivity contribution in [3.05, 3.63) is 59.7 Å². The van der Waals surface area contributed by atoms with Gasteiger partial charge in [0.2, 0.25) is 0 Å². The van der Waals surface area contributed by atoms with Gasteiger partial charge in [0.25, 0.3) is 0 Å². The molecule has 38 heavy (non-hydrogen) atoms. The van der Waals surface area contributed by atoms with Crippen LogP contribution in [0.1, 0.15) is 153 Å². The van der Waals surface area contributed by atoms with E-state index in [1.165, 1.54) is 134 Å². The average molecular weight is 525 g/mol. The lowest BCUT2D eigenvalue weighted by Crippen LogP contribution is -1.87. The van der Waals surface area contributed by atoms with Crippen LogP contribution in [0, 0.1) is 0 Å². The van der Waals surface area contributed by atoms with E-state index < -0.39 is 0 Å². The Hall–Kier alpha value is -1.96. The molecule has 2 heteroatoms. The maximum absolute atomic E-state index is 9.65. The van der Waals surface area contributed by atoms with Crippen LogP contribution in [0.5, 0.6) is 11.5 Å². The fraction of sp³-hybridized carbons (Fsp3) is 0.667. The molecular weight excluding hydrogens is 464 g/mol. The number of phenolic OH excluding ortho intramolecular Hbond substituents is 2. The van der Waals surface area contributed by atoms with Crippen molar-refractivity contribution in [1.29, 1.82) is 0 Å². The number of aromatic hydroxyl groups is 2. The minimum atomic E-state index is 0.367. The van der Waals surface area contributed by atoms with Crippen molar-refractivity contribution >= 4 is 0 Å². The number of unbranched alkanes of at least 4 members (excludes halogenated alkanes) is 18. The van der Waals surface area contributed by atoms with Gasteiger partial charge in [0, 0.05) is 0 Å². The third-order valence-electron chi connectivity index (χ3n) is 7.55. The van der Waals surface area contributed by atoms with Gasteiger partial charge in [-0.25, -0.2) is 0 Å². The SMILES string of the molecule is CCCCCCCCCCCCc1ccc(O)cc1.CCCCCCCCCCCCc1ccccc1O. The van der Waals surface area contributed by atoms with Gasteiger partial charge < -0.3 is 10.2 Å². The largest absolute Gasteiger partial charge is 0.508 e. The summed E-state index contributed by atoms with van der Waals surface area (Å²) < 4.78 is 0. The molecule has 0 heterocycles. The molecule has 0 bridgehead atoms. The molecule has 0 radical (unpaired) electrons. The lowest BCUT2D eigenvalue weighted by Gasteiger charge is -2.04. The Morgan fingerprint density at radius 2 is 0.816 bits per heavy atom. The Morgan fingerprint density at radius 3 is 1.26 bits per heavy atom. The number of aryl methyl sites for hydroxylation is 2. The molecule has 0 fully saturated rings. The third kappa shape index (κ3) is 20.1. The van der Waals surface area contributed by atoms with Crippen molar-refractivity contribution in [1.82, 2.24) is 0 Å². The number of hydrogen-bond donors (Lipinski definition) is 2. The molecule has 0 aromatic heterocycles. The number of rotatable bonds is 22. The number of para-hydroxylation sites is 1. The molecule has 2 rings (SSSR count). The van der Waals surface area contributed by atoms with Gasteiger partial charge >= 0.3 is 0 Å². The Balaban J connectivity index is 0.000000380. The van der Waals surface area contributed by atoms with E-state index in [4.69, 9.17) is 0 Å². The predicted molar refractivity (Wildman–Crippen MR) is 167 cm³/mol. The highest BCUT2D eigenvalue weighted by molar-refractivity contribution is 5.31. The highest BCUT2D eigenvalue weighted by atomic mass is 16.3. The first kappa shape index (κ1) is 34.1. The molecule has 2 N–H and O–H groups in total. The molecule has 2 aromatic carbocycles. The molecule has 2 aromatic rings. The van der Waals surface area contributed by atoms with E-state index in [0.29, 0.717) is 11.5 Å². The second-order valence-electron chi connectivity index (χ2n) is 11.2. The fourth-order valence-corrected chi connectivity index (χ4v) is 5.00. The number of benzene rings is 2. The molecule has 0 aliphatic carbocycles. The molecule has 0 saturated carbocycles. The van der Waals surface area contributed by atoms with Gasteiger partial charge in [-0.05, 0) is 55.0 Å². The molecule has 0 unspecified atom stereocenters. The van der Waals surface area contributed by atoms with Gasteiger partial charge in [-0.3, -0.25) is 0 Å². The fourth-order valence-electron chi connectivity index (χ4n) is 5.00. The first-order valence-electron chi connectivity index (χ1n) is 16.2. The molecule has 0 amide bonds. The van der Waals surface area contributed by atoms with Crippen LogP contribution in [-0.2, 0) is 12.8 Å². The highest BCUT2D eigenvalue weighted by Crippen LogP contribution is 2.19. The summed E-state index contributed by atoms with van der Waals surface area (Å²) in [6.45, 7) is 4.54. The van der Waals surface area contributed by atoms with Crippen LogP contribution < -0.4 is 0 Å². The van der Waals surface area contributed by atoms with Crippen molar-refractivity contribution in [2.75, 3.05) is 0 Å². The van der Waals surface area contributed by atoms with Crippen LogP contribution in [0.15, 0.2) is 48.5 Å². The van der Waals surface area contributed by atoms with Crippen molar-refractivity contribution < 1.29 is 10.2 Å². The monoisotopic (exact) mass is 524 g/mol. The van der Waals surface area contributed by atoms with Crippen LogP contribution in [0.3, 0.4) is 0 Å². The van der Waals surface area contributed by atoms with E-state index >= 15 is 0 Å². The molecule has 0 aliphatic heterocycles. The molecule has 216 valence electrons. The average Bonchev–Trinajstić information content (AvgIpc) is 2.93. The van der Waals surface area contributed by atoms with Crippen LogP contribution in [0.2, 0.25) is 0 Å². The van der Waals surface area contributed by atoms with Crippen LogP contribution in [0.4, 0.5) is 0 Å². The Bertz CT molecular complexity index is 752. The van der Waals surface area contributed by atoms with Gasteiger partial charge in [0.1, 0.15) is 11.5 Å². The maximum atomic E-state index is 9.65. The van der Waals surface area contributed by atoms with Gasteiger partial charge in [-0.1, -0.05) is 160 Å². The van der Waals surface area contributed by atoms with E-state index in [1.54, 1.807) is 18.2 Å². The van der Waals surface area contributed by atoms with Crippen molar-refractivity contribution in [3.8, 4) is 11.5 Å². The van der Waals surface area contributed by atoms with E-state index in [0.717, 1.165) is 18.4 Å². The van der Waals surface area contributed by atoms with Gasteiger partial charge in [0.15, 0.2) is 0 Å². The molecule has 2 nitrogen and oxygen atoms in total. The lowest BCUT2D eigenvalue weighted by atomic mass is 10.0. The minimum Gasteiger partial charge on any atom is -0.508 e. The van der Waals surface area contributed by atoms with Crippen LogP contribution in [0.25, 0.3) is 0 Å². The molecule has 0 atom stereocenters. The zero-order valence-corrected chi connectivity index (χ0v) is 25.1. The number of phenols is 2. The van der Waals surface area contributed by atoms with E-state index in [1.807, 2.05) is 30.3 Å². The summed E-state index contributed by atoms with van der Waals surface area (Å²) in [5.41, 5.74) is 2.44. The predicted octanol–water partition coefficient (Wildman–Crippen LogP) is 11.7. The topological polar surface area (TPSA) is 40.5 Å². The van der Waals surface area contributed by atoms with Crippen molar-refractivity contribution in [3.63, 3.8) is 0 Å². The lowest BCUT2D eigenvalue weighted by molar-refractivity contribution is 0.466. The van der Waals surface area contributed by atoms with Crippen LogP contribution >= 0.6 is 0 Å². The van der Waals surface area contributed by atoms with Gasteiger partial charge in [0.05, 0.1) is 0 Å². The second-order valence-corrected chi connectivity index (χ2v) is 11.2. The van der Waals surface area contributed by atoms with Crippen molar-refractivity contribution in [2.45, 2.75) is 155 Å². The Kier molecular flexibility index (Phi) is 22.7. The standard InChI is InChI=1S/2C18H30O/c1-2-3-4-5-6-7-8-9-10-11-14-17-15-12-13-16-18(17)19;1-2-3-4-5-6-7-8-9-10-11-12-17-13-15-18(19)16-14-17/h12-13,15-16,19H,2-11,14H2,1H3;13-16,19H,2-12H2,1H3. The quantitative estimate of drug-likeness (QED) is 0.150. The normalized spacial score (nSPS) is 10.8. The first-order valence-corrected chi connectivity index (χ1v) is 16.2. The Labute approximate surface area is 236 Å². The van der Waals surface area contributed by atoms with E-state index in [9.17, 15) is 10.2 Å². The molecular formula is C36H60O2. The summed E-state index contributed by atoms with van der Waals surface area (Å²) >= 11 is 0. The summed E-state index contributed by atoms with van der Waals surface area (Å²) in [5, 5.41) is 18.9. The highest BCUT2D eigenvalue weighted by Gasteiger charge is 1.99. The minimum absolute atomic E-state index is 0.367.